The number of nitrogens with zero attached hydrogens (tertiary/aromatic N) is 2. The van der Waals surface area contributed by atoms with Crippen molar-refractivity contribution in [3.05, 3.63) is 128 Å². The summed E-state index contributed by atoms with van der Waals surface area (Å²) in [5.74, 6) is 1.18. The van der Waals surface area contributed by atoms with Gasteiger partial charge in [-0.3, -0.25) is 4.98 Å². The molecule has 2 bridgehead atoms. The third-order valence-electron chi connectivity index (χ3n) is 9.76. The number of rotatable bonds is 8. The Hall–Kier alpha value is -3.31. The van der Waals surface area contributed by atoms with E-state index in [1.54, 1.807) is 0 Å². The summed E-state index contributed by atoms with van der Waals surface area (Å²) < 4.78 is 7.81. The fraction of sp³-hybridized carbons (Fsp3) is 0.270. The van der Waals surface area contributed by atoms with Gasteiger partial charge in [0.05, 0.1) is 25.2 Å². The molecule has 0 aliphatic carbocycles. The maximum atomic E-state index is 6.80. The average molecular weight is 606 g/mol. The van der Waals surface area contributed by atoms with Gasteiger partial charge < -0.3 is 26.2 Å². The normalized spacial score (nSPS) is 24.2. The number of pyridine rings is 1. The number of hydrogen-bond donors (Lipinski definition) is 0. The molecule has 3 aliphatic rings. The van der Waals surface area contributed by atoms with Crippen molar-refractivity contribution in [1.82, 2.24) is 4.98 Å². The molecule has 3 fully saturated rings. The number of para-hydroxylation sites is 1. The number of aromatic nitrogens is 1. The van der Waals surface area contributed by atoms with Gasteiger partial charge in [0.25, 0.3) is 0 Å². The lowest BCUT2D eigenvalue weighted by Crippen LogP contribution is -3.00. The second-order valence-electron chi connectivity index (χ2n) is 11.8. The number of benzene rings is 4. The lowest BCUT2D eigenvalue weighted by molar-refractivity contribution is -0.984. The zero-order valence-electron chi connectivity index (χ0n) is 23.5. The second-order valence-corrected chi connectivity index (χ2v) is 11.8. The summed E-state index contributed by atoms with van der Waals surface area (Å²) in [7, 11) is 0. The van der Waals surface area contributed by atoms with E-state index in [4.69, 9.17) is 4.74 Å². The molecular weight excluding hydrogens is 568 g/mol. The molecule has 4 heterocycles. The van der Waals surface area contributed by atoms with E-state index >= 15 is 0 Å². The lowest BCUT2D eigenvalue weighted by atomic mass is 9.70. The standard InChI is InChI=1S/C37H37N2O.BrH/c1-3-21-40-37(33-17-19-38-35-16-10-9-15-32(33)35)36-23-27-18-20-39(36,24-26(27)4-2)25-34-30-13-7-5-11-28(30)22-29-12-6-8-14-31(29)34;/h3-17,19,22,26-27,36-37H,1-2,18,20-21,23-25H2;1H/q+1;/p-1/t26-,27-,36-,37?,39?;/m0./s1. The van der Waals surface area contributed by atoms with Gasteiger partial charge in [-0.15, -0.1) is 13.2 Å². The summed E-state index contributed by atoms with van der Waals surface area (Å²) in [5.41, 5.74) is 3.74. The Labute approximate surface area is 253 Å². The molecule has 4 aromatic carbocycles. The van der Waals surface area contributed by atoms with Gasteiger partial charge in [0.15, 0.2) is 0 Å². The van der Waals surface area contributed by atoms with Crippen LogP contribution in [0, 0.1) is 11.8 Å². The molecule has 0 radical (unpaired) electrons. The van der Waals surface area contributed by atoms with E-state index in [0.29, 0.717) is 24.5 Å². The maximum Gasteiger partial charge on any atom is 0.135 e. The van der Waals surface area contributed by atoms with Crippen LogP contribution < -0.4 is 17.0 Å². The van der Waals surface area contributed by atoms with Crippen molar-refractivity contribution in [2.75, 3.05) is 19.7 Å². The van der Waals surface area contributed by atoms with Gasteiger partial charge in [0.2, 0.25) is 0 Å². The molecule has 0 spiro atoms. The molecule has 0 saturated carbocycles. The Kier molecular flexibility index (Phi) is 7.82. The topological polar surface area (TPSA) is 22.1 Å². The fourth-order valence-electron chi connectivity index (χ4n) is 7.90. The van der Waals surface area contributed by atoms with E-state index in [1.165, 1.54) is 44.5 Å². The molecule has 2 unspecified atom stereocenters. The molecule has 0 N–H and O–H groups in total. The van der Waals surface area contributed by atoms with Gasteiger partial charge in [-0.05, 0) is 51.2 Å². The predicted molar refractivity (Wildman–Crippen MR) is 166 cm³/mol. The summed E-state index contributed by atoms with van der Waals surface area (Å²) in [4.78, 5) is 4.68. The highest BCUT2D eigenvalue weighted by Crippen LogP contribution is 2.50. The van der Waals surface area contributed by atoms with E-state index < -0.39 is 0 Å². The van der Waals surface area contributed by atoms with Crippen molar-refractivity contribution in [2.45, 2.75) is 31.5 Å². The molecule has 208 valence electrons. The van der Waals surface area contributed by atoms with E-state index in [0.717, 1.165) is 36.1 Å². The van der Waals surface area contributed by atoms with E-state index in [2.05, 4.69) is 109 Å². The highest BCUT2D eigenvalue weighted by molar-refractivity contribution is 6.02. The molecule has 5 aromatic rings. The number of halogens is 1. The van der Waals surface area contributed by atoms with Crippen molar-refractivity contribution in [1.29, 1.82) is 0 Å². The molecule has 8 rings (SSSR count). The Morgan fingerprint density at radius 1 is 0.902 bits per heavy atom. The van der Waals surface area contributed by atoms with Crippen molar-refractivity contribution < 1.29 is 26.2 Å². The SMILES string of the molecule is C=CCOC(c1ccnc2ccccc12)[C@@H]1C[C@@H]2CC[N+]1(Cc1c3ccccc3cc3ccccc13)C[C@@H]2C=C.[Br-]. The summed E-state index contributed by atoms with van der Waals surface area (Å²) in [5, 5.41) is 6.56. The van der Waals surface area contributed by atoms with Crippen LogP contribution in [0.4, 0.5) is 0 Å². The quantitative estimate of drug-likeness (QED) is 0.134. The van der Waals surface area contributed by atoms with Gasteiger partial charge in [0.1, 0.15) is 18.7 Å². The first-order valence-corrected chi connectivity index (χ1v) is 14.6. The molecule has 3 nitrogen and oxygen atoms in total. The fourth-order valence-corrected chi connectivity index (χ4v) is 7.90. The van der Waals surface area contributed by atoms with Gasteiger partial charge >= 0.3 is 0 Å². The second kappa shape index (κ2) is 11.5. The third kappa shape index (κ3) is 4.82. The van der Waals surface area contributed by atoms with Crippen LogP contribution in [0.5, 0.6) is 0 Å². The number of hydrogen-bond acceptors (Lipinski definition) is 2. The smallest absolute Gasteiger partial charge is 0.135 e. The largest absolute Gasteiger partial charge is 1.00 e. The predicted octanol–water partition coefficient (Wildman–Crippen LogP) is 5.40. The Bertz CT molecular complexity index is 1670. The van der Waals surface area contributed by atoms with Crippen LogP contribution >= 0.6 is 0 Å². The number of fused-ring (bicyclic) bond motifs is 6. The van der Waals surface area contributed by atoms with Crippen LogP contribution in [0.2, 0.25) is 0 Å². The minimum Gasteiger partial charge on any atom is -1.00 e. The monoisotopic (exact) mass is 604 g/mol. The van der Waals surface area contributed by atoms with Crippen molar-refractivity contribution in [3.63, 3.8) is 0 Å². The van der Waals surface area contributed by atoms with Gasteiger partial charge in [0, 0.05) is 35.9 Å². The Balaban J connectivity index is 0.00000302. The van der Waals surface area contributed by atoms with Crippen LogP contribution in [-0.4, -0.2) is 35.2 Å². The van der Waals surface area contributed by atoms with Crippen LogP contribution in [0.25, 0.3) is 32.4 Å². The number of quaternary nitrogens is 1. The average Bonchev–Trinajstić information content (AvgIpc) is 3.01. The van der Waals surface area contributed by atoms with E-state index in [9.17, 15) is 0 Å². The zero-order valence-corrected chi connectivity index (χ0v) is 25.0. The number of ether oxygens (including phenoxy) is 1. The highest BCUT2D eigenvalue weighted by atomic mass is 79.9. The Morgan fingerprint density at radius 3 is 2.29 bits per heavy atom. The number of piperidine rings is 3. The molecule has 41 heavy (non-hydrogen) atoms. The Morgan fingerprint density at radius 2 is 1.59 bits per heavy atom. The minimum atomic E-state index is -0.0410. The van der Waals surface area contributed by atoms with E-state index in [1.807, 2.05) is 12.3 Å². The zero-order chi connectivity index (χ0) is 27.1. The van der Waals surface area contributed by atoms with Crippen LogP contribution in [0.3, 0.4) is 0 Å². The van der Waals surface area contributed by atoms with Crippen LogP contribution in [0.15, 0.2) is 116 Å². The molecular formula is C37H37BrN2O. The van der Waals surface area contributed by atoms with Gasteiger partial charge in [-0.2, -0.15) is 0 Å². The highest BCUT2D eigenvalue weighted by Gasteiger charge is 2.54. The summed E-state index contributed by atoms with van der Waals surface area (Å²) in [6.07, 6.45) is 8.41. The molecule has 5 atom stereocenters. The first-order valence-electron chi connectivity index (χ1n) is 14.6. The molecule has 3 saturated heterocycles. The van der Waals surface area contributed by atoms with Crippen molar-refractivity contribution in [3.8, 4) is 0 Å². The first kappa shape index (κ1) is 27.8. The summed E-state index contributed by atoms with van der Waals surface area (Å²) >= 11 is 0. The van der Waals surface area contributed by atoms with Gasteiger partial charge in [-0.1, -0.05) is 78.9 Å². The van der Waals surface area contributed by atoms with Crippen LogP contribution in [-0.2, 0) is 11.3 Å². The molecule has 0 amide bonds. The lowest BCUT2D eigenvalue weighted by Gasteiger charge is -2.58. The van der Waals surface area contributed by atoms with Crippen LogP contribution in [0.1, 0.15) is 30.1 Å². The third-order valence-corrected chi connectivity index (χ3v) is 9.76. The minimum absolute atomic E-state index is 0. The van der Waals surface area contributed by atoms with Crippen molar-refractivity contribution in [2.24, 2.45) is 11.8 Å². The molecule has 1 aromatic heterocycles. The maximum absolute atomic E-state index is 6.80. The van der Waals surface area contributed by atoms with Gasteiger partial charge in [-0.25, -0.2) is 0 Å². The summed E-state index contributed by atoms with van der Waals surface area (Å²) in [6, 6.07) is 31.2. The summed E-state index contributed by atoms with van der Waals surface area (Å²) in [6.45, 7) is 12.1. The van der Waals surface area contributed by atoms with E-state index in [-0.39, 0.29) is 23.1 Å². The first-order chi connectivity index (χ1) is 19.7. The molecule has 3 aliphatic heterocycles. The molecule has 4 heteroatoms. The van der Waals surface area contributed by atoms with Crippen molar-refractivity contribution >= 4 is 32.4 Å².